The summed E-state index contributed by atoms with van der Waals surface area (Å²) < 4.78 is 0. The molecular formula is C16H27N3O2. The number of hydrogen-bond donors (Lipinski definition) is 1. The lowest BCUT2D eigenvalue weighted by atomic mass is 9.81. The van der Waals surface area contributed by atoms with Crippen molar-refractivity contribution in [2.75, 3.05) is 19.6 Å². The van der Waals surface area contributed by atoms with Gasteiger partial charge in [-0.25, -0.2) is 0 Å². The summed E-state index contributed by atoms with van der Waals surface area (Å²) >= 11 is 0. The summed E-state index contributed by atoms with van der Waals surface area (Å²) in [4.78, 5) is 26.0. The fourth-order valence-electron chi connectivity index (χ4n) is 2.91. The van der Waals surface area contributed by atoms with E-state index in [1.807, 2.05) is 13.8 Å². The number of nitrogens with one attached hydrogen (secondary N) is 1. The van der Waals surface area contributed by atoms with E-state index < -0.39 is 5.41 Å². The molecule has 0 heterocycles. The second kappa shape index (κ2) is 8.66. The zero-order valence-electron chi connectivity index (χ0n) is 13.3. The van der Waals surface area contributed by atoms with Gasteiger partial charge in [0.25, 0.3) is 0 Å². The highest BCUT2D eigenvalue weighted by atomic mass is 16.2. The molecule has 5 nitrogen and oxygen atoms in total. The summed E-state index contributed by atoms with van der Waals surface area (Å²) in [5.41, 5.74) is -0.880. The van der Waals surface area contributed by atoms with Crippen molar-refractivity contribution in [3.8, 4) is 6.07 Å². The van der Waals surface area contributed by atoms with Crippen LogP contribution in [0, 0.1) is 16.7 Å². The number of nitrogens with zero attached hydrogens (tertiary/aromatic N) is 2. The first-order valence-electron chi connectivity index (χ1n) is 8.07. The molecule has 118 valence electrons. The Kier molecular flexibility index (Phi) is 7.21. The molecule has 1 fully saturated rings. The molecule has 5 heteroatoms. The van der Waals surface area contributed by atoms with Gasteiger partial charge < -0.3 is 10.2 Å². The monoisotopic (exact) mass is 293 g/mol. The molecule has 0 atom stereocenters. The van der Waals surface area contributed by atoms with Crippen LogP contribution in [0.1, 0.15) is 58.8 Å². The SMILES string of the molecule is CCN(CC)C(=O)CCNC(=O)C1(C#N)CCCCCC1. The Morgan fingerprint density at radius 2 is 1.71 bits per heavy atom. The van der Waals surface area contributed by atoms with E-state index in [1.54, 1.807) is 4.90 Å². The van der Waals surface area contributed by atoms with Crippen LogP contribution in [0.4, 0.5) is 0 Å². The lowest BCUT2D eigenvalue weighted by molar-refractivity contribution is -0.131. The minimum atomic E-state index is -0.880. The first-order valence-corrected chi connectivity index (χ1v) is 8.07. The Labute approximate surface area is 127 Å². The van der Waals surface area contributed by atoms with Crippen LogP contribution < -0.4 is 5.32 Å². The van der Waals surface area contributed by atoms with Gasteiger partial charge >= 0.3 is 0 Å². The van der Waals surface area contributed by atoms with E-state index in [4.69, 9.17) is 0 Å². The maximum atomic E-state index is 12.3. The third kappa shape index (κ3) is 4.73. The van der Waals surface area contributed by atoms with E-state index in [1.165, 1.54) is 0 Å². The first kappa shape index (κ1) is 17.5. The molecule has 0 aliphatic heterocycles. The van der Waals surface area contributed by atoms with Gasteiger partial charge in [-0.3, -0.25) is 9.59 Å². The molecule has 1 rings (SSSR count). The molecule has 1 aliphatic carbocycles. The van der Waals surface area contributed by atoms with E-state index in [0.29, 0.717) is 38.9 Å². The molecule has 0 aromatic heterocycles. The van der Waals surface area contributed by atoms with Crippen LogP contribution in [0.5, 0.6) is 0 Å². The van der Waals surface area contributed by atoms with Crippen LogP contribution in [-0.2, 0) is 9.59 Å². The van der Waals surface area contributed by atoms with Gasteiger partial charge in [0, 0.05) is 26.1 Å². The summed E-state index contributed by atoms with van der Waals surface area (Å²) in [6, 6.07) is 2.23. The van der Waals surface area contributed by atoms with Crippen LogP contribution in [-0.4, -0.2) is 36.3 Å². The van der Waals surface area contributed by atoms with Gasteiger partial charge in [-0.05, 0) is 26.7 Å². The van der Waals surface area contributed by atoms with Crippen molar-refractivity contribution in [2.45, 2.75) is 58.8 Å². The van der Waals surface area contributed by atoms with Crippen LogP contribution >= 0.6 is 0 Å². The molecule has 1 aliphatic rings. The molecular weight excluding hydrogens is 266 g/mol. The second-order valence-corrected chi connectivity index (χ2v) is 5.68. The van der Waals surface area contributed by atoms with Crippen LogP contribution in [0.3, 0.4) is 0 Å². The quantitative estimate of drug-likeness (QED) is 0.763. The minimum absolute atomic E-state index is 0.0483. The fourth-order valence-corrected chi connectivity index (χ4v) is 2.91. The number of amides is 2. The molecule has 1 saturated carbocycles. The predicted octanol–water partition coefficient (Wildman–Crippen LogP) is 2.23. The van der Waals surface area contributed by atoms with Gasteiger partial charge in [0.15, 0.2) is 0 Å². The predicted molar refractivity (Wildman–Crippen MR) is 81.3 cm³/mol. The van der Waals surface area contributed by atoms with E-state index in [-0.39, 0.29) is 11.8 Å². The average molecular weight is 293 g/mol. The second-order valence-electron chi connectivity index (χ2n) is 5.68. The third-order valence-corrected chi connectivity index (χ3v) is 4.35. The molecule has 1 N–H and O–H groups in total. The lowest BCUT2D eigenvalue weighted by Crippen LogP contribution is -2.41. The molecule has 0 bridgehead atoms. The molecule has 0 saturated heterocycles. The summed E-state index contributed by atoms with van der Waals surface area (Å²) in [6.07, 6.45) is 5.63. The van der Waals surface area contributed by atoms with Gasteiger partial charge in [-0.2, -0.15) is 5.26 Å². The van der Waals surface area contributed by atoms with E-state index >= 15 is 0 Å². The Balaban J connectivity index is 2.48. The highest BCUT2D eigenvalue weighted by Gasteiger charge is 2.38. The molecule has 0 aromatic carbocycles. The van der Waals surface area contributed by atoms with Crippen molar-refractivity contribution in [1.82, 2.24) is 10.2 Å². The maximum absolute atomic E-state index is 12.3. The average Bonchev–Trinajstić information content (AvgIpc) is 2.74. The highest BCUT2D eigenvalue weighted by Crippen LogP contribution is 2.34. The summed E-state index contributed by atoms with van der Waals surface area (Å²) in [5, 5.41) is 12.2. The highest BCUT2D eigenvalue weighted by molar-refractivity contribution is 5.86. The zero-order valence-corrected chi connectivity index (χ0v) is 13.3. The minimum Gasteiger partial charge on any atom is -0.354 e. The van der Waals surface area contributed by atoms with E-state index in [2.05, 4.69) is 11.4 Å². The Bertz CT molecular complexity index is 389. The van der Waals surface area contributed by atoms with Gasteiger partial charge in [-0.15, -0.1) is 0 Å². The first-order chi connectivity index (χ1) is 10.1. The van der Waals surface area contributed by atoms with Gasteiger partial charge in [0.1, 0.15) is 5.41 Å². The third-order valence-electron chi connectivity index (χ3n) is 4.35. The largest absolute Gasteiger partial charge is 0.354 e. The fraction of sp³-hybridized carbons (Fsp3) is 0.812. The normalized spacial score (nSPS) is 17.4. The van der Waals surface area contributed by atoms with E-state index in [9.17, 15) is 14.9 Å². The molecule has 2 amide bonds. The Morgan fingerprint density at radius 3 is 2.19 bits per heavy atom. The molecule has 0 radical (unpaired) electrons. The number of nitriles is 1. The molecule has 21 heavy (non-hydrogen) atoms. The van der Waals surface area contributed by atoms with Crippen molar-refractivity contribution in [3.63, 3.8) is 0 Å². The number of hydrogen-bond acceptors (Lipinski definition) is 3. The zero-order chi connectivity index (χ0) is 15.7. The summed E-state index contributed by atoms with van der Waals surface area (Å²) in [7, 11) is 0. The van der Waals surface area contributed by atoms with Crippen molar-refractivity contribution >= 4 is 11.8 Å². The van der Waals surface area contributed by atoms with Crippen molar-refractivity contribution in [3.05, 3.63) is 0 Å². The van der Waals surface area contributed by atoms with Crippen LogP contribution in [0.15, 0.2) is 0 Å². The van der Waals surface area contributed by atoms with E-state index in [0.717, 1.165) is 25.7 Å². The van der Waals surface area contributed by atoms with Crippen LogP contribution in [0.25, 0.3) is 0 Å². The maximum Gasteiger partial charge on any atom is 0.240 e. The number of carbonyl (C=O) groups is 2. The summed E-state index contributed by atoms with van der Waals surface area (Å²) in [5.74, 6) is -0.147. The van der Waals surface area contributed by atoms with Crippen molar-refractivity contribution < 1.29 is 9.59 Å². The molecule has 0 spiro atoms. The standard InChI is InChI=1S/C16H27N3O2/c1-3-19(4-2)14(20)9-12-18-15(21)16(13-17)10-7-5-6-8-11-16/h3-12H2,1-2H3,(H,18,21). The van der Waals surface area contributed by atoms with Crippen LogP contribution in [0.2, 0.25) is 0 Å². The molecule has 0 aromatic rings. The van der Waals surface area contributed by atoms with Crippen molar-refractivity contribution in [2.24, 2.45) is 5.41 Å². The summed E-state index contributed by atoms with van der Waals surface area (Å²) in [6.45, 7) is 5.57. The molecule has 0 unspecified atom stereocenters. The smallest absolute Gasteiger partial charge is 0.240 e. The van der Waals surface area contributed by atoms with Gasteiger partial charge in [0.2, 0.25) is 11.8 Å². The van der Waals surface area contributed by atoms with Gasteiger partial charge in [-0.1, -0.05) is 25.7 Å². The Morgan fingerprint density at radius 1 is 1.14 bits per heavy atom. The lowest BCUT2D eigenvalue weighted by Gasteiger charge is -2.24. The Hall–Kier alpha value is -1.57. The van der Waals surface area contributed by atoms with Crippen molar-refractivity contribution in [1.29, 1.82) is 5.26 Å². The number of carbonyl (C=O) groups excluding carboxylic acids is 2. The number of rotatable bonds is 6. The van der Waals surface area contributed by atoms with Gasteiger partial charge in [0.05, 0.1) is 6.07 Å². The topological polar surface area (TPSA) is 73.2 Å².